The summed E-state index contributed by atoms with van der Waals surface area (Å²) in [5, 5.41) is 2.87. The van der Waals surface area contributed by atoms with Crippen LogP contribution in [-0.4, -0.2) is 30.8 Å². The third-order valence-electron chi connectivity index (χ3n) is 4.63. The maximum atomic E-state index is 12.5. The van der Waals surface area contributed by atoms with Gasteiger partial charge in [-0.1, -0.05) is 6.92 Å². The number of piperidine rings is 1. The molecule has 1 unspecified atom stereocenters. The molecule has 1 fully saturated rings. The summed E-state index contributed by atoms with van der Waals surface area (Å²) in [5.74, 6) is 1.78. The van der Waals surface area contributed by atoms with Gasteiger partial charge in [-0.3, -0.25) is 9.78 Å². The number of nitrogens with zero attached hydrogens (tertiary/aromatic N) is 2. The molecular weight excluding hydrogens is 318 g/mol. The van der Waals surface area contributed by atoms with Crippen molar-refractivity contribution in [2.45, 2.75) is 19.8 Å². The second kappa shape index (κ2) is 6.63. The number of aromatic nitrogens is 1. The lowest BCUT2D eigenvalue weighted by Gasteiger charge is -2.32. The smallest absolute Gasteiger partial charge is 0.274 e. The molecule has 1 N–H and O–H groups in total. The van der Waals surface area contributed by atoms with Crippen LogP contribution in [-0.2, 0) is 0 Å². The van der Waals surface area contributed by atoms with E-state index in [1.54, 1.807) is 24.4 Å². The van der Waals surface area contributed by atoms with Crippen molar-refractivity contribution in [3.63, 3.8) is 0 Å². The van der Waals surface area contributed by atoms with Crippen molar-refractivity contribution in [3.05, 3.63) is 42.2 Å². The van der Waals surface area contributed by atoms with Gasteiger partial charge in [0.05, 0.1) is 0 Å². The first-order chi connectivity index (χ1) is 12.2. The number of carbonyl (C=O) groups is 1. The molecular formula is C19H21N3O3. The first-order valence-corrected chi connectivity index (χ1v) is 8.61. The Bertz CT molecular complexity index is 793. The average Bonchev–Trinajstić information content (AvgIpc) is 3.09. The fraction of sp³-hybridized carbons (Fsp3) is 0.368. The van der Waals surface area contributed by atoms with Crippen molar-refractivity contribution in [2.75, 3.05) is 30.1 Å². The number of hydrogen-bond acceptors (Lipinski definition) is 5. The van der Waals surface area contributed by atoms with Crippen molar-refractivity contribution >= 4 is 17.3 Å². The summed E-state index contributed by atoms with van der Waals surface area (Å²) >= 11 is 0. The quantitative estimate of drug-likeness (QED) is 0.929. The zero-order valence-corrected chi connectivity index (χ0v) is 14.2. The van der Waals surface area contributed by atoms with E-state index >= 15 is 0 Å². The van der Waals surface area contributed by atoms with Gasteiger partial charge in [0, 0.05) is 36.7 Å². The first kappa shape index (κ1) is 15.7. The molecule has 6 nitrogen and oxygen atoms in total. The number of carbonyl (C=O) groups excluding carboxylic acids is 1. The fourth-order valence-corrected chi connectivity index (χ4v) is 3.33. The summed E-state index contributed by atoms with van der Waals surface area (Å²) in [6, 6.07) is 9.17. The number of pyridine rings is 1. The molecule has 0 bridgehead atoms. The molecule has 2 aliphatic heterocycles. The van der Waals surface area contributed by atoms with E-state index in [9.17, 15) is 4.79 Å². The van der Waals surface area contributed by atoms with Gasteiger partial charge in [0.1, 0.15) is 5.69 Å². The number of fused-ring (bicyclic) bond motifs is 1. The number of nitrogens with one attached hydrogen (secondary N) is 1. The number of benzene rings is 1. The predicted octanol–water partition coefficient (Wildman–Crippen LogP) is 3.30. The maximum absolute atomic E-state index is 12.5. The number of ether oxygens (including phenoxy) is 2. The lowest BCUT2D eigenvalue weighted by molar-refractivity contribution is 0.102. The Labute approximate surface area is 146 Å². The van der Waals surface area contributed by atoms with Gasteiger partial charge in [0.25, 0.3) is 5.91 Å². The molecule has 130 valence electrons. The van der Waals surface area contributed by atoms with Crippen LogP contribution in [0.2, 0.25) is 0 Å². The molecule has 1 atom stereocenters. The van der Waals surface area contributed by atoms with Crippen LogP contribution in [0.25, 0.3) is 0 Å². The summed E-state index contributed by atoms with van der Waals surface area (Å²) in [6.07, 6.45) is 4.14. The Morgan fingerprint density at radius 1 is 1.24 bits per heavy atom. The number of amides is 1. The highest BCUT2D eigenvalue weighted by molar-refractivity contribution is 6.03. The summed E-state index contributed by atoms with van der Waals surface area (Å²) in [5.41, 5.74) is 2.12. The van der Waals surface area contributed by atoms with E-state index in [4.69, 9.17) is 9.47 Å². The second-order valence-corrected chi connectivity index (χ2v) is 6.61. The van der Waals surface area contributed by atoms with Crippen LogP contribution in [0.3, 0.4) is 0 Å². The van der Waals surface area contributed by atoms with Crippen LogP contribution < -0.4 is 19.7 Å². The third-order valence-corrected chi connectivity index (χ3v) is 4.63. The van der Waals surface area contributed by atoms with Crippen molar-refractivity contribution in [3.8, 4) is 11.5 Å². The number of anilines is 2. The van der Waals surface area contributed by atoms with Gasteiger partial charge in [-0.05, 0) is 43.0 Å². The molecule has 0 radical (unpaired) electrons. The van der Waals surface area contributed by atoms with Crippen LogP contribution >= 0.6 is 0 Å². The lowest BCUT2D eigenvalue weighted by Crippen LogP contribution is -2.34. The van der Waals surface area contributed by atoms with E-state index in [1.807, 2.05) is 12.1 Å². The molecule has 25 heavy (non-hydrogen) atoms. The molecule has 2 aliphatic rings. The van der Waals surface area contributed by atoms with E-state index < -0.39 is 0 Å². The molecule has 1 amide bonds. The highest BCUT2D eigenvalue weighted by Crippen LogP contribution is 2.34. The van der Waals surface area contributed by atoms with E-state index in [0.29, 0.717) is 28.8 Å². The molecule has 0 aliphatic carbocycles. The molecule has 6 heteroatoms. The number of rotatable bonds is 3. The van der Waals surface area contributed by atoms with Gasteiger partial charge in [0.2, 0.25) is 6.79 Å². The third kappa shape index (κ3) is 3.38. The normalized spacial score (nSPS) is 18.9. The Morgan fingerprint density at radius 3 is 3.00 bits per heavy atom. The van der Waals surface area contributed by atoms with Crippen LogP contribution in [0.4, 0.5) is 11.4 Å². The molecule has 0 spiro atoms. The SMILES string of the molecule is CC1CCCN(c2ccnc(C(=O)Nc3ccc4c(c3)OCO4)c2)C1. The monoisotopic (exact) mass is 339 g/mol. The van der Waals surface area contributed by atoms with Crippen LogP contribution in [0.5, 0.6) is 11.5 Å². The van der Waals surface area contributed by atoms with Crippen molar-refractivity contribution in [2.24, 2.45) is 5.92 Å². The molecule has 4 rings (SSSR count). The van der Waals surface area contributed by atoms with Crippen LogP contribution in [0, 0.1) is 5.92 Å². The summed E-state index contributed by atoms with van der Waals surface area (Å²) in [6.45, 7) is 4.52. The largest absolute Gasteiger partial charge is 0.454 e. The average molecular weight is 339 g/mol. The molecule has 2 aromatic rings. The highest BCUT2D eigenvalue weighted by atomic mass is 16.7. The Morgan fingerprint density at radius 2 is 2.12 bits per heavy atom. The minimum Gasteiger partial charge on any atom is -0.454 e. The van der Waals surface area contributed by atoms with Crippen LogP contribution in [0.15, 0.2) is 36.5 Å². The van der Waals surface area contributed by atoms with E-state index in [1.165, 1.54) is 12.8 Å². The zero-order valence-electron chi connectivity index (χ0n) is 14.2. The molecule has 3 heterocycles. The molecule has 1 aromatic heterocycles. The van der Waals surface area contributed by atoms with E-state index in [2.05, 4.69) is 22.1 Å². The van der Waals surface area contributed by atoms with E-state index in [0.717, 1.165) is 18.8 Å². The van der Waals surface area contributed by atoms with Gasteiger partial charge in [-0.25, -0.2) is 0 Å². The van der Waals surface area contributed by atoms with Gasteiger partial charge in [0.15, 0.2) is 11.5 Å². The minimum atomic E-state index is -0.231. The van der Waals surface area contributed by atoms with Crippen molar-refractivity contribution in [1.29, 1.82) is 0 Å². The summed E-state index contributed by atoms with van der Waals surface area (Å²) in [4.78, 5) is 19.1. The molecule has 1 aromatic carbocycles. The topological polar surface area (TPSA) is 63.7 Å². The standard InChI is InChI=1S/C19H21N3O3/c1-13-3-2-8-22(11-13)15-6-7-20-16(10-15)19(23)21-14-4-5-17-18(9-14)25-12-24-17/h4-7,9-10,13H,2-3,8,11-12H2,1H3,(H,21,23). The second-order valence-electron chi connectivity index (χ2n) is 6.61. The molecule has 0 saturated carbocycles. The fourth-order valence-electron chi connectivity index (χ4n) is 3.33. The minimum absolute atomic E-state index is 0.213. The predicted molar refractivity (Wildman–Crippen MR) is 95.4 cm³/mol. The highest BCUT2D eigenvalue weighted by Gasteiger charge is 2.19. The van der Waals surface area contributed by atoms with Crippen LogP contribution in [0.1, 0.15) is 30.3 Å². The van der Waals surface area contributed by atoms with Gasteiger partial charge >= 0.3 is 0 Å². The van der Waals surface area contributed by atoms with Gasteiger partial charge in [-0.15, -0.1) is 0 Å². The summed E-state index contributed by atoms with van der Waals surface area (Å²) in [7, 11) is 0. The first-order valence-electron chi connectivity index (χ1n) is 8.61. The zero-order chi connectivity index (χ0) is 17.2. The lowest BCUT2D eigenvalue weighted by atomic mass is 10.00. The Hall–Kier alpha value is -2.76. The molecule has 1 saturated heterocycles. The maximum Gasteiger partial charge on any atom is 0.274 e. The van der Waals surface area contributed by atoms with Gasteiger partial charge < -0.3 is 19.7 Å². The van der Waals surface area contributed by atoms with Gasteiger partial charge in [-0.2, -0.15) is 0 Å². The summed E-state index contributed by atoms with van der Waals surface area (Å²) < 4.78 is 10.6. The van der Waals surface area contributed by atoms with Crippen molar-refractivity contribution < 1.29 is 14.3 Å². The Kier molecular flexibility index (Phi) is 4.17. The van der Waals surface area contributed by atoms with E-state index in [-0.39, 0.29) is 12.7 Å². The Balaban J connectivity index is 1.49. The van der Waals surface area contributed by atoms with Crippen molar-refractivity contribution in [1.82, 2.24) is 4.98 Å². The number of hydrogen-bond donors (Lipinski definition) is 1.